The van der Waals surface area contributed by atoms with E-state index in [1.54, 1.807) is 0 Å². The van der Waals surface area contributed by atoms with Gasteiger partial charge in [0.2, 0.25) is 5.91 Å². The van der Waals surface area contributed by atoms with Gasteiger partial charge in [0.05, 0.1) is 16.7 Å². The highest BCUT2D eigenvalue weighted by atomic mass is 32.2. The summed E-state index contributed by atoms with van der Waals surface area (Å²) < 4.78 is 0. The summed E-state index contributed by atoms with van der Waals surface area (Å²) in [7, 11) is 0. The van der Waals surface area contributed by atoms with E-state index >= 15 is 0 Å². The van der Waals surface area contributed by atoms with Crippen LogP contribution in [-0.2, 0) is 30.5 Å². The average Bonchev–Trinajstić information content (AvgIpc) is 3.49. The summed E-state index contributed by atoms with van der Waals surface area (Å²) in [5.41, 5.74) is 11.6. The minimum atomic E-state index is -0.508. The highest BCUT2D eigenvalue weighted by molar-refractivity contribution is 7.99. The van der Waals surface area contributed by atoms with Gasteiger partial charge in [-0.25, -0.2) is 4.98 Å². The smallest absolute Gasteiger partial charge is 0.260 e. The lowest BCUT2D eigenvalue weighted by Gasteiger charge is -2.16. The Labute approximate surface area is 225 Å². The zero-order valence-electron chi connectivity index (χ0n) is 20.1. The number of nitrogens with two attached hydrogens (primary N) is 1. The third-order valence-electron chi connectivity index (χ3n) is 7.09. The molecule has 0 aliphatic heterocycles. The van der Waals surface area contributed by atoms with E-state index in [9.17, 15) is 14.4 Å². The lowest BCUT2D eigenvalue weighted by Crippen LogP contribution is -2.19. The van der Waals surface area contributed by atoms with Gasteiger partial charge < -0.3 is 16.0 Å². The quantitative estimate of drug-likeness (QED) is 0.222. The lowest BCUT2D eigenvalue weighted by molar-refractivity contribution is -0.113. The van der Waals surface area contributed by atoms with Crippen molar-refractivity contribution in [3.05, 3.63) is 61.1 Å². The Bertz CT molecular complexity index is 1600. The van der Waals surface area contributed by atoms with Gasteiger partial charge in [-0.3, -0.25) is 14.4 Å². The molecule has 4 N–H and O–H groups in total. The second-order valence-electron chi connectivity index (χ2n) is 9.51. The average molecular weight is 551 g/mol. The van der Waals surface area contributed by atoms with Crippen LogP contribution in [0.4, 0.5) is 5.00 Å². The topological polar surface area (TPSA) is 118 Å². The van der Waals surface area contributed by atoms with Gasteiger partial charge in [0.1, 0.15) is 9.83 Å². The molecule has 0 saturated heterocycles. The molecule has 0 unspecified atom stereocenters. The van der Waals surface area contributed by atoms with Gasteiger partial charge in [-0.2, -0.15) is 0 Å². The van der Waals surface area contributed by atoms with Crippen LogP contribution in [0.5, 0.6) is 0 Å². The molecule has 2 aliphatic rings. The van der Waals surface area contributed by atoms with Crippen LogP contribution in [0, 0.1) is 0 Å². The van der Waals surface area contributed by atoms with Crippen molar-refractivity contribution >= 4 is 61.5 Å². The Morgan fingerprint density at radius 3 is 2.70 bits per heavy atom. The van der Waals surface area contributed by atoms with E-state index in [2.05, 4.69) is 33.5 Å². The number of aromatic nitrogens is 2. The van der Waals surface area contributed by atoms with Crippen LogP contribution in [0.15, 0.2) is 33.5 Å². The largest absolute Gasteiger partial charge is 0.365 e. The molecule has 3 heterocycles. The number of carbonyl (C=O) groups excluding carboxylic acids is 2. The summed E-state index contributed by atoms with van der Waals surface area (Å²) in [6.45, 7) is 0. The summed E-state index contributed by atoms with van der Waals surface area (Å²) in [6.07, 6.45) is 8.46. The van der Waals surface area contributed by atoms with Crippen molar-refractivity contribution in [1.82, 2.24) is 9.97 Å². The predicted molar refractivity (Wildman–Crippen MR) is 151 cm³/mol. The van der Waals surface area contributed by atoms with Gasteiger partial charge in [-0.05, 0) is 73.6 Å². The first-order valence-electron chi connectivity index (χ1n) is 12.5. The third kappa shape index (κ3) is 4.73. The number of rotatable bonds is 6. The molecule has 2 aliphatic carbocycles. The monoisotopic (exact) mass is 550 g/mol. The van der Waals surface area contributed by atoms with Crippen molar-refractivity contribution in [3.8, 4) is 11.1 Å². The Kier molecular flexibility index (Phi) is 6.64. The molecule has 7 nitrogen and oxygen atoms in total. The van der Waals surface area contributed by atoms with Crippen LogP contribution in [0.1, 0.15) is 57.6 Å². The van der Waals surface area contributed by atoms with Crippen LogP contribution < -0.4 is 16.6 Å². The van der Waals surface area contributed by atoms with Crippen molar-refractivity contribution in [2.75, 3.05) is 11.1 Å². The second kappa shape index (κ2) is 10.1. The van der Waals surface area contributed by atoms with Crippen molar-refractivity contribution in [3.63, 3.8) is 0 Å². The third-order valence-corrected chi connectivity index (χ3v) is 10.0. The predicted octanol–water partition coefficient (Wildman–Crippen LogP) is 5.30. The van der Waals surface area contributed by atoms with E-state index < -0.39 is 5.91 Å². The number of hydrogen-bond donors (Lipinski definition) is 3. The summed E-state index contributed by atoms with van der Waals surface area (Å²) in [5, 5.41) is 6.36. The fraction of sp³-hybridized carbons (Fsp3) is 0.333. The molecule has 0 bridgehead atoms. The standard InChI is InChI=1S/C27H26N4O3S3/c28-23(33)21-17-7-3-4-8-19(17)37-26(21)29-20(32)13-36-27-30-24(34)22-18(12-35-25(22)31-27)16-10-9-14-5-1-2-6-15(14)11-16/h9-12H,1-8,13H2,(H2,28,33)(H,29,32)(H,30,31,34). The first-order chi connectivity index (χ1) is 18.0. The number of amides is 2. The van der Waals surface area contributed by atoms with Crippen molar-refractivity contribution in [1.29, 1.82) is 0 Å². The van der Waals surface area contributed by atoms with E-state index in [1.165, 1.54) is 58.4 Å². The van der Waals surface area contributed by atoms with Gasteiger partial charge in [0, 0.05) is 15.8 Å². The number of fused-ring (bicyclic) bond motifs is 3. The minimum absolute atomic E-state index is 0.0538. The molecule has 1 aromatic carbocycles. The molecule has 4 aromatic rings. The molecule has 3 aromatic heterocycles. The summed E-state index contributed by atoms with van der Waals surface area (Å²) in [4.78, 5) is 47.1. The molecule has 6 rings (SSSR count). The van der Waals surface area contributed by atoms with E-state index in [-0.39, 0.29) is 17.2 Å². The van der Waals surface area contributed by atoms with E-state index in [4.69, 9.17) is 5.73 Å². The number of benzene rings is 1. The number of anilines is 1. The number of hydrogen-bond acceptors (Lipinski definition) is 7. The maximum Gasteiger partial charge on any atom is 0.260 e. The minimum Gasteiger partial charge on any atom is -0.365 e. The molecule has 0 fully saturated rings. The molecule has 190 valence electrons. The van der Waals surface area contributed by atoms with E-state index in [0.29, 0.717) is 25.9 Å². The highest BCUT2D eigenvalue weighted by Crippen LogP contribution is 2.38. The van der Waals surface area contributed by atoms with E-state index in [0.717, 1.165) is 60.1 Å². The molecule has 0 saturated carbocycles. The number of thioether (sulfide) groups is 1. The first kappa shape index (κ1) is 24.4. The van der Waals surface area contributed by atoms with Gasteiger partial charge in [0.15, 0.2) is 5.16 Å². The second-order valence-corrected chi connectivity index (χ2v) is 12.4. The first-order valence-corrected chi connectivity index (χ1v) is 15.2. The summed E-state index contributed by atoms with van der Waals surface area (Å²) >= 11 is 4.04. The SMILES string of the molecule is NC(=O)c1c(NC(=O)CSc2nc3scc(-c4ccc5c(c4)CCCC5)c3c(=O)[nH]2)sc2c1CCCC2. The number of aromatic amines is 1. The molecule has 37 heavy (non-hydrogen) atoms. The Balaban J connectivity index is 1.19. The maximum atomic E-state index is 13.1. The van der Waals surface area contributed by atoms with Crippen LogP contribution in [0.25, 0.3) is 21.3 Å². The fourth-order valence-corrected chi connectivity index (χ4v) is 8.30. The molecular weight excluding hydrogens is 525 g/mol. The number of aryl methyl sites for hydroxylation is 3. The maximum absolute atomic E-state index is 13.1. The number of primary amides is 1. The van der Waals surface area contributed by atoms with Gasteiger partial charge in [-0.15, -0.1) is 22.7 Å². The van der Waals surface area contributed by atoms with Crippen LogP contribution >= 0.6 is 34.4 Å². The summed E-state index contributed by atoms with van der Waals surface area (Å²) in [6, 6.07) is 6.50. The number of H-pyrrole nitrogens is 1. The Hall–Kier alpha value is -2.95. The molecule has 10 heteroatoms. The van der Waals surface area contributed by atoms with E-state index in [1.807, 2.05) is 5.38 Å². The highest BCUT2D eigenvalue weighted by Gasteiger charge is 2.25. The molecule has 0 atom stereocenters. The number of thiophene rings is 2. The number of nitrogens with zero attached hydrogens (tertiary/aromatic N) is 1. The lowest BCUT2D eigenvalue weighted by atomic mass is 9.89. The van der Waals surface area contributed by atoms with Crippen LogP contribution in [0.2, 0.25) is 0 Å². The van der Waals surface area contributed by atoms with Crippen LogP contribution in [-0.4, -0.2) is 27.5 Å². The molecule has 2 amide bonds. The van der Waals surface area contributed by atoms with Crippen molar-refractivity contribution < 1.29 is 9.59 Å². The Morgan fingerprint density at radius 1 is 1.08 bits per heavy atom. The molecule has 0 radical (unpaired) electrons. The Morgan fingerprint density at radius 2 is 1.86 bits per heavy atom. The number of nitrogens with one attached hydrogen (secondary N) is 2. The molecular formula is C27H26N4O3S3. The molecule has 0 spiro atoms. The normalized spacial score (nSPS) is 14.8. The van der Waals surface area contributed by atoms with Gasteiger partial charge in [-0.1, -0.05) is 30.0 Å². The summed E-state index contributed by atoms with van der Waals surface area (Å²) in [5.74, 6) is -0.723. The fourth-order valence-electron chi connectivity index (χ4n) is 5.32. The zero-order valence-corrected chi connectivity index (χ0v) is 22.6. The number of carbonyl (C=O) groups is 2. The van der Waals surface area contributed by atoms with Crippen molar-refractivity contribution in [2.45, 2.75) is 56.5 Å². The van der Waals surface area contributed by atoms with Gasteiger partial charge in [0.25, 0.3) is 11.5 Å². The van der Waals surface area contributed by atoms with Crippen LogP contribution in [0.3, 0.4) is 0 Å². The zero-order chi connectivity index (χ0) is 25.5. The van der Waals surface area contributed by atoms with Crippen molar-refractivity contribution in [2.24, 2.45) is 5.73 Å². The van der Waals surface area contributed by atoms with Gasteiger partial charge >= 0.3 is 0 Å².